The first-order valence-electron chi connectivity index (χ1n) is 4.53. The first-order valence-corrected chi connectivity index (χ1v) is 4.53. The number of epoxide rings is 1. The Morgan fingerprint density at radius 1 is 1.64 bits per heavy atom. The van der Waals surface area contributed by atoms with Crippen molar-refractivity contribution in [2.24, 2.45) is 0 Å². The number of rotatable bonds is 3. The molecule has 0 amide bonds. The molecule has 0 spiro atoms. The topological polar surface area (TPSA) is 55.7 Å². The van der Waals surface area contributed by atoms with Crippen LogP contribution < -0.4 is 0 Å². The van der Waals surface area contributed by atoms with Crippen LogP contribution in [0.2, 0.25) is 0 Å². The van der Waals surface area contributed by atoms with E-state index in [4.69, 9.17) is 4.74 Å². The van der Waals surface area contributed by atoms with Crippen LogP contribution in [0.1, 0.15) is 11.1 Å². The molecule has 1 atom stereocenters. The zero-order chi connectivity index (χ0) is 10.1. The van der Waals surface area contributed by atoms with Gasteiger partial charge >= 0.3 is 0 Å². The Morgan fingerprint density at radius 2 is 2.36 bits per heavy atom. The Labute approximate surface area is 81.7 Å². The second-order valence-corrected chi connectivity index (χ2v) is 3.49. The van der Waals surface area contributed by atoms with Gasteiger partial charge in [-0.25, -0.2) is 0 Å². The molecule has 4 heteroatoms. The lowest BCUT2D eigenvalue weighted by atomic mass is 10.0. The van der Waals surface area contributed by atoms with E-state index in [0.29, 0.717) is 6.42 Å². The number of benzene rings is 1. The van der Waals surface area contributed by atoms with Crippen LogP contribution in [0, 0.1) is 17.0 Å². The summed E-state index contributed by atoms with van der Waals surface area (Å²) in [7, 11) is 0. The summed E-state index contributed by atoms with van der Waals surface area (Å²) in [6.07, 6.45) is 0.845. The summed E-state index contributed by atoms with van der Waals surface area (Å²) < 4.78 is 5.08. The number of nitrogens with zero attached hydrogens (tertiary/aromatic N) is 1. The van der Waals surface area contributed by atoms with Crippen LogP contribution in [0.3, 0.4) is 0 Å². The highest BCUT2D eigenvalue weighted by Crippen LogP contribution is 2.26. The minimum absolute atomic E-state index is 0.190. The van der Waals surface area contributed by atoms with Gasteiger partial charge < -0.3 is 4.74 Å². The van der Waals surface area contributed by atoms with E-state index in [-0.39, 0.29) is 16.7 Å². The fourth-order valence-corrected chi connectivity index (χ4v) is 1.54. The molecular formula is C10H11NO3. The third kappa shape index (κ3) is 1.75. The van der Waals surface area contributed by atoms with Gasteiger partial charge in [0, 0.05) is 18.1 Å². The van der Waals surface area contributed by atoms with Crippen LogP contribution in [0.15, 0.2) is 18.2 Å². The third-order valence-electron chi connectivity index (χ3n) is 2.42. The van der Waals surface area contributed by atoms with Crippen molar-refractivity contribution in [3.05, 3.63) is 39.4 Å². The summed E-state index contributed by atoms with van der Waals surface area (Å²) in [6.45, 7) is 2.62. The normalized spacial score (nSPS) is 19.4. The van der Waals surface area contributed by atoms with E-state index in [1.165, 1.54) is 0 Å². The van der Waals surface area contributed by atoms with Crippen LogP contribution in [-0.2, 0) is 11.2 Å². The molecule has 1 aliphatic heterocycles. The molecule has 14 heavy (non-hydrogen) atoms. The summed E-state index contributed by atoms with van der Waals surface area (Å²) in [4.78, 5) is 10.4. The number of nitro benzene ring substituents is 1. The monoisotopic (exact) mass is 193 g/mol. The number of aryl methyl sites for hydroxylation is 1. The highest BCUT2D eigenvalue weighted by molar-refractivity contribution is 5.45. The molecule has 1 heterocycles. The van der Waals surface area contributed by atoms with E-state index in [1.807, 2.05) is 13.0 Å². The molecule has 0 aliphatic carbocycles. The van der Waals surface area contributed by atoms with Gasteiger partial charge in [0.1, 0.15) is 0 Å². The van der Waals surface area contributed by atoms with Crippen molar-refractivity contribution in [2.45, 2.75) is 19.4 Å². The summed E-state index contributed by atoms with van der Waals surface area (Å²) in [5.74, 6) is 0. The Morgan fingerprint density at radius 3 is 2.93 bits per heavy atom. The van der Waals surface area contributed by atoms with Gasteiger partial charge in [-0.3, -0.25) is 10.1 Å². The third-order valence-corrected chi connectivity index (χ3v) is 2.42. The Hall–Kier alpha value is -1.42. The molecular weight excluding hydrogens is 182 g/mol. The van der Waals surface area contributed by atoms with Gasteiger partial charge in [-0.2, -0.15) is 0 Å². The lowest BCUT2D eigenvalue weighted by Gasteiger charge is -2.04. The average molecular weight is 193 g/mol. The highest BCUT2D eigenvalue weighted by Gasteiger charge is 2.27. The fraction of sp³-hybridized carbons (Fsp3) is 0.400. The molecule has 0 saturated carbocycles. The summed E-state index contributed by atoms with van der Waals surface area (Å²) in [5, 5.41) is 10.7. The number of nitro groups is 1. The van der Waals surface area contributed by atoms with Crippen LogP contribution in [-0.4, -0.2) is 17.6 Å². The average Bonchev–Trinajstić information content (AvgIpc) is 2.91. The summed E-state index contributed by atoms with van der Waals surface area (Å²) >= 11 is 0. The largest absolute Gasteiger partial charge is 0.373 e. The van der Waals surface area contributed by atoms with E-state index in [2.05, 4.69) is 0 Å². The van der Waals surface area contributed by atoms with Crippen molar-refractivity contribution in [1.82, 2.24) is 0 Å². The van der Waals surface area contributed by atoms with Crippen molar-refractivity contribution in [2.75, 3.05) is 6.61 Å². The summed E-state index contributed by atoms with van der Waals surface area (Å²) in [5.41, 5.74) is 1.98. The molecule has 1 aliphatic rings. The van der Waals surface area contributed by atoms with Crippen molar-refractivity contribution in [3.8, 4) is 0 Å². The van der Waals surface area contributed by atoms with Crippen LogP contribution >= 0.6 is 0 Å². The van der Waals surface area contributed by atoms with Crippen LogP contribution in [0.25, 0.3) is 0 Å². The van der Waals surface area contributed by atoms with Gasteiger partial charge in [-0.1, -0.05) is 12.1 Å². The molecule has 2 rings (SSSR count). The summed E-state index contributed by atoms with van der Waals surface area (Å²) in [6, 6.07) is 5.15. The molecule has 1 aromatic rings. The lowest BCUT2D eigenvalue weighted by Crippen LogP contribution is -2.01. The van der Waals surface area contributed by atoms with E-state index >= 15 is 0 Å². The maximum Gasteiger partial charge on any atom is 0.272 e. The minimum Gasteiger partial charge on any atom is -0.373 e. The van der Waals surface area contributed by atoms with E-state index in [0.717, 1.165) is 17.7 Å². The zero-order valence-electron chi connectivity index (χ0n) is 7.90. The van der Waals surface area contributed by atoms with Crippen molar-refractivity contribution < 1.29 is 9.66 Å². The number of hydrogen-bond acceptors (Lipinski definition) is 3. The van der Waals surface area contributed by atoms with Gasteiger partial charge in [0.05, 0.1) is 17.6 Å². The fourth-order valence-electron chi connectivity index (χ4n) is 1.54. The van der Waals surface area contributed by atoms with Gasteiger partial charge in [0.2, 0.25) is 0 Å². The Balaban J connectivity index is 2.36. The zero-order valence-corrected chi connectivity index (χ0v) is 7.90. The molecule has 74 valence electrons. The second kappa shape index (κ2) is 3.38. The Bertz CT molecular complexity index is 372. The molecule has 1 unspecified atom stereocenters. The van der Waals surface area contributed by atoms with Crippen molar-refractivity contribution in [1.29, 1.82) is 0 Å². The molecule has 4 nitrogen and oxygen atoms in total. The maximum absolute atomic E-state index is 10.7. The smallest absolute Gasteiger partial charge is 0.272 e. The molecule has 0 N–H and O–H groups in total. The minimum atomic E-state index is -0.329. The predicted molar refractivity (Wildman–Crippen MR) is 51.3 cm³/mol. The molecule has 0 bridgehead atoms. The van der Waals surface area contributed by atoms with Crippen LogP contribution in [0.5, 0.6) is 0 Å². The predicted octanol–water partition coefficient (Wildman–Crippen LogP) is 1.84. The van der Waals surface area contributed by atoms with Gasteiger partial charge in [0.15, 0.2) is 0 Å². The molecule has 1 fully saturated rings. The number of ether oxygens (including phenoxy) is 1. The van der Waals surface area contributed by atoms with Crippen LogP contribution in [0.4, 0.5) is 5.69 Å². The first kappa shape index (κ1) is 9.15. The molecule has 0 radical (unpaired) electrons. The van der Waals surface area contributed by atoms with Gasteiger partial charge in [-0.05, 0) is 12.5 Å². The van der Waals surface area contributed by atoms with E-state index < -0.39 is 0 Å². The molecule has 0 aromatic heterocycles. The molecule has 1 aromatic carbocycles. The standard InChI is InChI=1S/C10H11NO3/c1-7-3-2-4-10(11(12)13)9(7)5-8-6-14-8/h2-4,8H,5-6H2,1H3. The number of hydrogen-bond donors (Lipinski definition) is 0. The Kier molecular flexibility index (Phi) is 2.21. The first-order chi connectivity index (χ1) is 6.68. The van der Waals surface area contributed by atoms with E-state index in [9.17, 15) is 10.1 Å². The maximum atomic E-state index is 10.7. The lowest BCUT2D eigenvalue weighted by molar-refractivity contribution is -0.385. The van der Waals surface area contributed by atoms with Crippen molar-refractivity contribution >= 4 is 5.69 Å². The van der Waals surface area contributed by atoms with E-state index in [1.54, 1.807) is 12.1 Å². The van der Waals surface area contributed by atoms with Crippen molar-refractivity contribution in [3.63, 3.8) is 0 Å². The molecule has 1 saturated heterocycles. The van der Waals surface area contributed by atoms with Gasteiger partial charge in [0.25, 0.3) is 5.69 Å². The second-order valence-electron chi connectivity index (χ2n) is 3.49. The highest BCUT2D eigenvalue weighted by atomic mass is 16.6. The van der Waals surface area contributed by atoms with Gasteiger partial charge in [-0.15, -0.1) is 0 Å². The quantitative estimate of drug-likeness (QED) is 0.418. The SMILES string of the molecule is Cc1cccc([N+](=O)[O-])c1CC1CO1.